The summed E-state index contributed by atoms with van der Waals surface area (Å²) in [6.45, 7) is 0. The van der Waals surface area contributed by atoms with Crippen LogP contribution in [0.15, 0.2) is 180 Å². The Morgan fingerprint density at radius 3 is 2.04 bits per heavy atom. The standard InChI is InChI=1S/C46H29NOS/c1-3-12-30(13-4-1)34-23-25-37-38-19-11-20-41(46(38)49-43(37)29-34)47(35-24-22-31-14-7-8-17-33(31)28-35)40-27-26-36(32-15-5-2-6-16-32)45-44(40)39-18-9-10-21-42(39)48-45/h1-29H. The van der Waals surface area contributed by atoms with Gasteiger partial charge in [0.25, 0.3) is 0 Å². The van der Waals surface area contributed by atoms with Crippen LogP contribution < -0.4 is 4.90 Å². The molecule has 0 N–H and O–H groups in total. The number of rotatable bonds is 5. The van der Waals surface area contributed by atoms with Gasteiger partial charge in [-0.05, 0) is 69.9 Å². The van der Waals surface area contributed by atoms with Crippen LogP contribution >= 0.6 is 11.3 Å². The summed E-state index contributed by atoms with van der Waals surface area (Å²) in [5, 5.41) is 7.17. The number of thiophene rings is 1. The maximum atomic E-state index is 6.74. The number of benzene rings is 8. The average molecular weight is 644 g/mol. The molecule has 0 bridgehead atoms. The SMILES string of the molecule is c1ccc(-c2ccc3c(c2)sc2c(N(c4ccc5ccccc5c4)c4ccc(-c5ccccc5)c5oc6ccccc6c45)cccc23)cc1. The highest BCUT2D eigenvalue weighted by atomic mass is 32.1. The van der Waals surface area contributed by atoms with Crippen molar-refractivity contribution < 1.29 is 4.42 Å². The van der Waals surface area contributed by atoms with E-state index in [1.807, 2.05) is 11.3 Å². The van der Waals surface area contributed by atoms with Crippen molar-refractivity contribution in [2.24, 2.45) is 0 Å². The molecule has 8 aromatic carbocycles. The van der Waals surface area contributed by atoms with Crippen LogP contribution in [0.2, 0.25) is 0 Å². The van der Waals surface area contributed by atoms with Crippen molar-refractivity contribution in [3.8, 4) is 22.3 Å². The van der Waals surface area contributed by atoms with E-state index in [4.69, 9.17) is 4.42 Å². The number of fused-ring (bicyclic) bond motifs is 7. The van der Waals surface area contributed by atoms with Crippen LogP contribution in [0, 0.1) is 0 Å². The summed E-state index contributed by atoms with van der Waals surface area (Å²) < 4.78 is 9.27. The van der Waals surface area contributed by atoms with Gasteiger partial charge in [-0.1, -0.05) is 133 Å². The molecule has 49 heavy (non-hydrogen) atoms. The lowest BCUT2D eigenvalue weighted by molar-refractivity contribution is 0.670. The quantitative estimate of drug-likeness (QED) is 0.186. The normalized spacial score (nSPS) is 11.7. The van der Waals surface area contributed by atoms with Crippen molar-refractivity contribution in [1.29, 1.82) is 0 Å². The number of nitrogens with zero attached hydrogens (tertiary/aromatic N) is 1. The predicted molar refractivity (Wildman–Crippen MR) is 210 cm³/mol. The van der Waals surface area contributed by atoms with E-state index in [0.29, 0.717) is 0 Å². The molecule has 3 heteroatoms. The molecule has 230 valence electrons. The number of anilines is 3. The molecule has 0 unspecified atom stereocenters. The van der Waals surface area contributed by atoms with E-state index in [0.717, 1.165) is 50.1 Å². The zero-order valence-electron chi connectivity index (χ0n) is 26.5. The summed E-state index contributed by atoms with van der Waals surface area (Å²) >= 11 is 1.86. The second kappa shape index (κ2) is 11.2. The van der Waals surface area contributed by atoms with Crippen molar-refractivity contribution in [3.05, 3.63) is 176 Å². The topological polar surface area (TPSA) is 16.4 Å². The van der Waals surface area contributed by atoms with Gasteiger partial charge in [-0.3, -0.25) is 0 Å². The Labute approximate surface area is 287 Å². The summed E-state index contributed by atoms with van der Waals surface area (Å²) in [6, 6.07) is 63.1. The average Bonchev–Trinajstić information content (AvgIpc) is 3.75. The third kappa shape index (κ3) is 4.55. The predicted octanol–water partition coefficient (Wildman–Crippen LogP) is 13.9. The van der Waals surface area contributed by atoms with E-state index < -0.39 is 0 Å². The Morgan fingerprint density at radius 2 is 1.18 bits per heavy atom. The first-order chi connectivity index (χ1) is 24.3. The molecule has 0 saturated heterocycles. The molecule has 2 heterocycles. The molecule has 0 atom stereocenters. The summed E-state index contributed by atoms with van der Waals surface area (Å²) in [5.74, 6) is 0. The highest BCUT2D eigenvalue weighted by molar-refractivity contribution is 7.26. The van der Waals surface area contributed by atoms with Crippen LogP contribution in [0.1, 0.15) is 0 Å². The zero-order chi connectivity index (χ0) is 32.3. The molecule has 2 nitrogen and oxygen atoms in total. The Bertz CT molecular complexity index is 2830. The summed E-state index contributed by atoms with van der Waals surface area (Å²) in [5.41, 5.74) is 9.80. The zero-order valence-corrected chi connectivity index (χ0v) is 27.3. The molecule has 0 spiro atoms. The first-order valence-corrected chi connectivity index (χ1v) is 17.4. The molecular weight excluding hydrogens is 615 g/mol. The summed E-state index contributed by atoms with van der Waals surface area (Å²) in [6.07, 6.45) is 0. The fourth-order valence-electron chi connectivity index (χ4n) is 7.34. The van der Waals surface area contributed by atoms with Gasteiger partial charge in [0.05, 0.1) is 21.5 Å². The van der Waals surface area contributed by atoms with E-state index in [-0.39, 0.29) is 0 Å². The Kier molecular flexibility index (Phi) is 6.39. The third-order valence-electron chi connectivity index (χ3n) is 9.65. The molecule has 0 fully saturated rings. The Hall–Kier alpha value is -6.16. The second-order valence-electron chi connectivity index (χ2n) is 12.5. The lowest BCUT2D eigenvalue weighted by Gasteiger charge is -2.27. The number of para-hydroxylation sites is 1. The maximum absolute atomic E-state index is 6.74. The van der Waals surface area contributed by atoms with Crippen LogP contribution in [0.25, 0.3) is 75.1 Å². The molecule has 0 aliphatic heterocycles. The minimum absolute atomic E-state index is 0.883. The summed E-state index contributed by atoms with van der Waals surface area (Å²) in [7, 11) is 0. The van der Waals surface area contributed by atoms with Gasteiger partial charge in [-0.2, -0.15) is 0 Å². The first-order valence-electron chi connectivity index (χ1n) is 16.6. The largest absolute Gasteiger partial charge is 0.455 e. The van der Waals surface area contributed by atoms with E-state index >= 15 is 0 Å². The fourth-order valence-corrected chi connectivity index (χ4v) is 8.58. The smallest absolute Gasteiger partial charge is 0.145 e. The van der Waals surface area contributed by atoms with Gasteiger partial charge in [0.15, 0.2) is 0 Å². The highest BCUT2D eigenvalue weighted by Crippen LogP contribution is 2.50. The van der Waals surface area contributed by atoms with Crippen molar-refractivity contribution in [1.82, 2.24) is 0 Å². The minimum atomic E-state index is 0.883. The first kappa shape index (κ1) is 27.9. The number of hydrogen-bond donors (Lipinski definition) is 0. The van der Waals surface area contributed by atoms with Gasteiger partial charge in [-0.25, -0.2) is 0 Å². The third-order valence-corrected chi connectivity index (χ3v) is 10.8. The molecule has 2 aromatic heterocycles. The van der Waals surface area contributed by atoms with Gasteiger partial charge in [0, 0.05) is 32.1 Å². The lowest BCUT2D eigenvalue weighted by atomic mass is 9.99. The van der Waals surface area contributed by atoms with Gasteiger partial charge >= 0.3 is 0 Å². The van der Waals surface area contributed by atoms with E-state index in [1.54, 1.807) is 0 Å². The van der Waals surface area contributed by atoms with Crippen molar-refractivity contribution >= 4 is 81.3 Å². The van der Waals surface area contributed by atoms with Crippen molar-refractivity contribution in [2.75, 3.05) is 4.90 Å². The van der Waals surface area contributed by atoms with E-state index in [9.17, 15) is 0 Å². The maximum Gasteiger partial charge on any atom is 0.145 e. The minimum Gasteiger partial charge on any atom is -0.455 e. The number of furan rings is 1. The molecule has 0 aliphatic carbocycles. The van der Waals surface area contributed by atoms with Crippen molar-refractivity contribution in [3.63, 3.8) is 0 Å². The van der Waals surface area contributed by atoms with Crippen LogP contribution in [0.5, 0.6) is 0 Å². The van der Waals surface area contributed by atoms with Gasteiger partial charge < -0.3 is 9.32 Å². The Morgan fingerprint density at radius 1 is 0.449 bits per heavy atom. The monoisotopic (exact) mass is 643 g/mol. The molecule has 0 amide bonds. The van der Waals surface area contributed by atoms with E-state index in [1.165, 1.54) is 42.1 Å². The van der Waals surface area contributed by atoms with E-state index in [2.05, 4.69) is 181 Å². The molecule has 0 radical (unpaired) electrons. The highest BCUT2D eigenvalue weighted by Gasteiger charge is 2.24. The van der Waals surface area contributed by atoms with Gasteiger partial charge in [0.1, 0.15) is 11.2 Å². The Balaban J connectivity index is 1.28. The lowest BCUT2D eigenvalue weighted by Crippen LogP contribution is -2.10. The van der Waals surface area contributed by atoms with Crippen LogP contribution in [-0.2, 0) is 0 Å². The van der Waals surface area contributed by atoms with Crippen LogP contribution in [-0.4, -0.2) is 0 Å². The van der Waals surface area contributed by atoms with Crippen molar-refractivity contribution in [2.45, 2.75) is 0 Å². The molecule has 0 saturated carbocycles. The van der Waals surface area contributed by atoms with Gasteiger partial charge in [-0.15, -0.1) is 11.3 Å². The second-order valence-corrected chi connectivity index (χ2v) is 13.6. The molecular formula is C46H29NOS. The molecule has 10 aromatic rings. The van der Waals surface area contributed by atoms with Crippen LogP contribution in [0.4, 0.5) is 17.1 Å². The number of hydrogen-bond acceptors (Lipinski definition) is 3. The fraction of sp³-hybridized carbons (Fsp3) is 0. The summed E-state index contributed by atoms with van der Waals surface area (Å²) in [4.78, 5) is 2.45. The molecule has 10 rings (SSSR count). The molecule has 0 aliphatic rings. The van der Waals surface area contributed by atoms with Gasteiger partial charge in [0.2, 0.25) is 0 Å². The van der Waals surface area contributed by atoms with Crippen LogP contribution in [0.3, 0.4) is 0 Å².